The molecule has 1 N–H and O–H groups in total. The summed E-state index contributed by atoms with van der Waals surface area (Å²) in [6.07, 6.45) is 15.9. The van der Waals surface area contributed by atoms with E-state index in [9.17, 15) is 0 Å². The van der Waals surface area contributed by atoms with E-state index in [0.29, 0.717) is 5.41 Å². The Bertz CT molecular complexity index is 286. The third-order valence-electron chi connectivity index (χ3n) is 5.62. The summed E-state index contributed by atoms with van der Waals surface area (Å²) in [4.78, 5) is 2.85. The Morgan fingerprint density at radius 2 is 1.70 bits per heavy atom. The number of hydrogen-bond donors (Lipinski definition) is 1. The summed E-state index contributed by atoms with van der Waals surface area (Å²) in [5.74, 6) is 0. The molecular weight excluding hydrogens is 244 g/mol. The van der Waals surface area contributed by atoms with Crippen molar-refractivity contribution in [2.24, 2.45) is 5.41 Å². The Labute approximate surface area is 125 Å². The lowest BCUT2D eigenvalue weighted by atomic mass is 9.79. The third-order valence-corrected chi connectivity index (χ3v) is 5.62. The Morgan fingerprint density at radius 3 is 2.25 bits per heavy atom. The first-order chi connectivity index (χ1) is 9.81. The molecule has 2 heteroatoms. The highest BCUT2D eigenvalue weighted by molar-refractivity contribution is 4.94. The summed E-state index contributed by atoms with van der Waals surface area (Å²) in [5, 5.41) is 3.88. The average Bonchev–Trinajstić information content (AvgIpc) is 3.32. The highest BCUT2D eigenvalue weighted by atomic mass is 15.2. The van der Waals surface area contributed by atoms with Crippen LogP contribution in [0.3, 0.4) is 0 Å². The van der Waals surface area contributed by atoms with Crippen molar-refractivity contribution in [1.29, 1.82) is 0 Å². The summed E-state index contributed by atoms with van der Waals surface area (Å²) in [6.45, 7) is 6.35. The van der Waals surface area contributed by atoms with Crippen LogP contribution in [0.25, 0.3) is 0 Å². The molecule has 2 nitrogen and oxygen atoms in total. The maximum absolute atomic E-state index is 3.88. The summed E-state index contributed by atoms with van der Waals surface area (Å²) in [5.41, 5.74) is 0.594. The number of nitrogens with zero attached hydrogens (tertiary/aromatic N) is 1. The standard InChI is InChI=1S/C18H34N2/c1-2-13-20(17-9-10-17)15-18(14-19-16-7-8-16)11-5-3-4-6-12-18/h16-17,19H,2-15H2,1H3. The fourth-order valence-corrected chi connectivity index (χ4v) is 4.07. The molecule has 0 radical (unpaired) electrons. The van der Waals surface area contributed by atoms with Crippen LogP contribution in [-0.2, 0) is 0 Å². The Balaban J connectivity index is 1.61. The van der Waals surface area contributed by atoms with Crippen molar-refractivity contribution in [2.75, 3.05) is 19.6 Å². The van der Waals surface area contributed by atoms with Crippen LogP contribution in [0.15, 0.2) is 0 Å². The van der Waals surface area contributed by atoms with Crippen molar-refractivity contribution < 1.29 is 0 Å². The van der Waals surface area contributed by atoms with Gasteiger partial charge >= 0.3 is 0 Å². The molecule has 0 spiro atoms. The second kappa shape index (κ2) is 6.79. The smallest absolute Gasteiger partial charge is 0.00966 e. The largest absolute Gasteiger partial charge is 0.313 e. The molecule has 0 heterocycles. The fraction of sp³-hybridized carbons (Fsp3) is 1.00. The van der Waals surface area contributed by atoms with E-state index in [-0.39, 0.29) is 0 Å². The minimum atomic E-state index is 0.594. The molecule has 116 valence electrons. The predicted octanol–water partition coefficient (Wildman–Crippen LogP) is 3.95. The molecule has 0 saturated heterocycles. The molecule has 3 aliphatic carbocycles. The quantitative estimate of drug-likeness (QED) is 0.676. The lowest BCUT2D eigenvalue weighted by Crippen LogP contribution is -2.45. The van der Waals surface area contributed by atoms with Gasteiger partial charge in [0, 0.05) is 25.2 Å². The molecule has 3 aliphatic rings. The van der Waals surface area contributed by atoms with Gasteiger partial charge in [0.25, 0.3) is 0 Å². The van der Waals surface area contributed by atoms with Gasteiger partial charge in [0.2, 0.25) is 0 Å². The summed E-state index contributed by atoms with van der Waals surface area (Å²) >= 11 is 0. The van der Waals surface area contributed by atoms with Crippen LogP contribution >= 0.6 is 0 Å². The van der Waals surface area contributed by atoms with Gasteiger partial charge in [0.15, 0.2) is 0 Å². The molecule has 0 aromatic rings. The second-order valence-electron chi connectivity index (χ2n) is 7.77. The minimum Gasteiger partial charge on any atom is -0.313 e. The SMILES string of the molecule is CCCN(CC1(CNC2CC2)CCCCCC1)C1CC1. The highest BCUT2D eigenvalue weighted by Gasteiger charge is 2.38. The number of nitrogens with one attached hydrogen (secondary N) is 1. The van der Waals surface area contributed by atoms with Crippen LogP contribution in [0.5, 0.6) is 0 Å². The van der Waals surface area contributed by atoms with Gasteiger partial charge in [-0.1, -0.05) is 32.6 Å². The van der Waals surface area contributed by atoms with Crippen LogP contribution in [0.4, 0.5) is 0 Å². The molecule has 0 bridgehead atoms. The van der Waals surface area contributed by atoms with Gasteiger partial charge in [-0.15, -0.1) is 0 Å². The van der Waals surface area contributed by atoms with E-state index >= 15 is 0 Å². The van der Waals surface area contributed by atoms with Crippen LogP contribution < -0.4 is 5.32 Å². The summed E-state index contributed by atoms with van der Waals surface area (Å²) in [7, 11) is 0. The van der Waals surface area contributed by atoms with Gasteiger partial charge in [-0.05, 0) is 56.9 Å². The van der Waals surface area contributed by atoms with Gasteiger partial charge in [-0.25, -0.2) is 0 Å². The topological polar surface area (TPSA) is 15.3 Å². The summed E-state index contributed by atoms with van der Waals surface area (Å²) in [6, 6.07) is 1.81. The van der Waals surface area contributed by atoms with Crippen molar-refractivity contribution in [2.45, 2.75) is 89.6 Å². The lowest BCUT2D eigenvalue weighted by molar-refractivity contribution is 0.120. The highest BCUT2D eigenvalue weighted by Crippen LogP contribution is 2.39. The van der Waals surface area contributed by atoms with Crippen LogP contribution in [0.2, 0.25) is 0 Å². The minimum absolute atomic E-state index is 0.594. The average molecular weight is 278 g/mol. The first kappa shape index (κ1) is 14.8. The molecule has 3 fully saturated rings. The van der Waals surface area contributed by atoms with Gasteiger partial charge in [-0.3, -0.25) is 4.90 Å². The fourth-order valence-electron chi connectivity index (χ4n) is 4.07. The van der Waals surface area contributed by atoms with Gasteiger partial charge < -0.3 is 5.32 Å². The van der Waals surface area contributed by atoms with Crippen LogP contribution in [0.1, 0.15) is 77.6 Å². The van der Waals surface area contributed by atoms with Crippen molar-refractivity contribution >= 4 is 0 Å². The van der Waals surface area contributed by atoms with Crippen molar-refractivity contribution in [3.63, 3.8) is 0 Å². The third kappa shape index (κ3) is 4.21. The Morgan fingerprint density at radius 1 is 1.00 bits per heavy atom. The van der Waals surface area contributed by atoms with E-state index in [4.69, 9.17) is 0 Å². The van der Waals surface area contributed by atoms with E-state index in [1.54, 1.807) is 0 Å². The van der Waals surface area contributed by atoms with Gasteiger partial charge in [0.05, 0.1) is 0 Å². The molecule has 0 atom stereocenters. The Hall–Kier alpha value is -0.0800. The zero-order valence-electron chi connectivity index (χ0n) is 13.5. The molecule has 0 unspecified atom stereocenters. The summed E-state index contributed by atoms with van der Waals surface area (Å²) < 4.78 is 0. The zero-order valence-corrected chi connectivity index (χ0v) is 13.5. The van der Waals surface area contributed by atoms with Crippen molar-refractivity contribution in [1.82, 2.24) is 10.2 Å². The van der Waals surface area contributed by atoms with Crippen molar-refractivity contribution in [3.8, 4) is 0 Å². The van der Waals surface area contributed by atoms with E-state index in [2.05, 4.69) is 17.1 Å². The van der Waals surface area contributed by atoms with E-state index < -0.39 is 0 Å². The molecule has 3 rings (SSSR count). The van der Waals surface area contributed by atoms with Gasteiger partial charge in [-0.2, -0.15) is 0 Å². The van der Waals surface area contributed by atoms with E-state index in [1.165, 1.54) is 90.3 Å². The van der Waals surface area contributed by atoms with E-state index in [1.807, 2.05) is 0 Å². The first-order valence-electron chi connectivity index (χ1n) is 9.29. The Kier molecular flexibility index (Phi) is 5.04. The molecule has 0 aromatic carbocycles. The molecule has 0 amide bonds. The first-order valence-corrected chi connectivity index (χ1v) is 9.29. The number of hydrogen-bond acceptors (Lipinski definition) is 2. The monoisotopic (exact) mass is 278 g/mol. The van der Waals surface area contributed by atoms with E-state index in [0.717, 1.165) is 12.1 Å². The number of rotatable bonds is 8. The molecule has 0 aliphatic heterocycles. The molecular formula is C18H34N2. The van der Waals surface area contributed by atoms with Crippen LogP contribution in [0, 0.1) is 5.41 Å². The normalized spacial score (nSPS) is 26.7. The maximum atomic E-state index is 3.88. The molecule has 0 aromatic heterocycles. The van der Waals surface area contributed by atoms with Gasteiger partial charge in [0.1, 0.15) is 0 Å². The molecule has 3 saturated carbocycles. The zero-order chi connectivity index (χ0) is 13.8. The second-order valence-corrected chi connectivity index (χ2v) is 7.77. The maximum Gasteiger partial charge on any atom is 0.00966 e. The predicted molar refractivity (Wildman–Crippen MR) is 86.0 cm³/mol. The lowest BCUT2D eigenvalue weighted by Gasteiger charge is -2.38. The van der Waals surface area contributed by atoms with Crippen molar-refractivity contribution in [3.05, 3.63) is 0 Å². The molecule has 20 heavy (non-hydrogen) atoms. The van der Waals surface area contributed by atoms with Crippen LogP contribution in [-0.4, -0.2) is 36.6 Å².